The summed E-state index contributed by atoms with van der Waals surface area (Å²) in [5.41, 5.74) is 0.694. The maximum Gasteiger partial charge on any atom is 0.197 e. The van der Waals surface area contributed by atoms with Gasteiger partial charge in [0.1, 0.15) is 0 Å². The minimum absolute atomic E-state index is 0.136. The van der Waals surface area contributed by atoms with Crippen LogP contribution in [0.15, 0.2) is 40.9 Å². The molecule has 0 amide bonds. The van der Waals surface area contributed by atoms with Crippen molar-refractivity contribution < 1.29 is 9.59 Å². The molecule has 1 aromatic rings. The Labute approximate surface area is 105 Å². The van der Waals surface area contributed by atoms with E-state index in [1.165, 1.54) is 0 Å². The van der Waals surface area contributed by atoms with Crippen LogP contribution < -0.4 is 0 Å². The third-order valence-corrected chi connectivity index (χ3v) is 3.22. The normalized spacial score (nSPS) is 20.6. The van der Waals surface area contributed by atoms with Crippen molar-refractivity contribution in [2.45, 2.75) is 19.8 Å². The summed E-state index contributed by atoms with van der Waals surface area (Å²) < 4.78 is 0. The van der Waals surface area contributed by atoms with E-state index in [9.17, 15) is 9.59 Å². The first kappa shape index (κ1) is 12.1. The summed E-state index contributed by atoms with van der Waals surface area (Å²) in [6, 6.07) is 8.78. The molecule has 2 rings (SSSR count). The highest BCUT2D eigenvalue weighted by Gasteiger charge is 2.29. The van der Waals surface area contributed by atoms with E-state index in [1.54, 1.807) is 24.3 Å². The summed E-state index contributed by atoms with van der Waals surface area (Å²) in [6.45, 7) is 1.96. The topological polar surface area (TPSA) is 34.1 Å². The number of Topliss-reactive ketones (excluding diaryl/α,β-unsaturated/α-hetero) is 2. The second-order valence-corrected chi connectivity index (χ2v) is 4.87. The van der Waals surface area contributed by atoms with Crippen LogP contribution in [0.5, 0.6) is 0 Å². The molecule has 1 aliphatic carbocycles. The third-order valence-electron chi connectivity index (χ3n) is 2.87. The van der Waals surface area contributed by atoms with Crippen LogP contribution >= 0.6 is 11.6 Å². The summed E-state index contributed by atoms with van der Waals surface area (Å²) in [5.74, 6) is -0.169. The molecule has 0 radical (unpaired) electrons. The summed E-state index contributed by atoms with van der Waals surface area (Å²) in [5, 5.41) is 0.405. The van der Waals surface area contributed by atoms with E-state index in [2.05, 4.69) is 0 Å². The van der Waals surface area contributed by atoms with Gasteiger partial charge >= 0.3 is 0 Å². The molecule has 1 aliphatic rings. The van der Waals surface area contributed by atoms with Gasteiger partial charge in [-0.2, -0.15) is 0 Å². The van der Waals surface area contributed by atoms with Crippen LogP contribution in [-0.2, 0) is 4.79 Å². The SMILES string of the molecule is CC1CC(=O)C(C(=O)c2ccccc2)=C(Cl)C1. The number of benzene rings is 1. The van der Waals surface area contributed by atoms with Crippen LogP contribution in [0.25, 0.3) is 0 Å². The van der Waals surface area contributed by atoms with Gasteiger partial charge in [0.25, 0.3) is 0 Å². The highest BCUT2D eigenvalue weighted by molar-refractivity contribution is 6.39. The van der Waals surface area contributed by atoms with Gasteiger partial charge in [-0.05, 0) is 12.3 Å². The van der Waals surface area contributed by atoms with Crippen LogP contribution in [0.4, 0.5) is 0 Å². The number of halogens is 1. The Morgan fingerprint density at radius 2 is 1.88 bits per heavy atom. The zero-order valence-corrected chi connectivity index (χ0v) is 10.3. The zero-order valence-electron chi connectivity index (χ0n) is 9.57. The van der Waals surface area contributed by atoms with Crippen molar-refractivity contribution >= 4 is 23.2 Å². The lowest BCUT2D eigenvalue weighted by Gasteiger charge is -2.19. The van der Waals surface area contributed by atoms with Crippen molar-refractivity contribution in [3.63, 3.8) is 0 Å². The van der Waals surface area contributed by atoms with Gasteiger partial charge in [0, 0.05) is 17.0 Å². The number of carbonyl (C=O) groups is 2. The average molecular weight is 249 g/mol. The lowest BCUT2D eigenvalue weighted by molar-refractivity contribution is -0.116. The van der Waals surface area contributed by atoms with Crippen LogP contribution in [0.1, 0.15) is 30.1 Å². The average Bonchev–Trinajstić information content (AvgIpc) is 2.28. The van der Waals surface area contributed by atoms with E-state index in [1.807, 2.05) is 13.0 Å². The molecule has 3 heteroatoms. The second kappa shape index (κ2) is 4.84. The fourth-order valence-corrected chi connectivity index (χ4v) is 2.49. The molecule has 0 aliphatic heterocycles. The predicted molar refractivity (Wildman–Crippen MR) is 67.1 cm³/mol. The summed E-state index contributed by atoms with van der Waals surface area (Å²) >= 11 is 6.06. The van der Waals surface area contributed by atoms with Crippen molar-refractivity contribution in [2.75, 3.05) is 0 Å². The Kier molecular flexibility index (Phi) is 3.43. The molecule has 1 aromatic carbocycles. The number of carbonyl (C=O) groups excluding carboxylic acids is 2. The van der Waals surface area contributed by atoms with E-state index in [0.717, 1.165) is 0 Å². The molecule has 0 N–H and O–H groups in total. The first-order chi connectivity index (χ1) is 8.09. The molecule has 88 valence electrons. The molecular weight excluding hydrogens is 236 g/mol. The van der Waals surface area contributed by atoms with Gasteiger partial charge in [0.15, 0.2) is 11.6 Å². The maximum atomic E-state index is 12.2. The van der Waals surface area contributed by atoms with Crippen molar-refractivity contribution in [1.29, 1.82) is 0 Å². The smallest absolute Gasteiger partial charge is 0.197 e. The van der Waals surface area contributed by atoms with Gasteiger partial charge < -0.3 is 0 Å². The van der Waals surface area contributed by atoms with Crippen LogP contribution in [0, 0.1) is 5.92 Å². The predicted octanol–water partition coefficient (Wildman–Crippen LogP) is 3.36. The minimum Gasteiger partial charge on any atom is -0.294 e. The van der Waals surface area contributed by atoms with Crippen LogP contribution in [-0.4, -0.2) is 11.6 Å². The van der Waals surface area contributed by atoms with E-state index < -0.39 is 0 Å². The number of ketones is 2. The molecule has 0 saturated carbocycles. The highest BCUT2D eigenvalue weighted by Crippen LogP contribution is 2.31. The van der Waals surface area contributed by atoms with Crippen molar-refractivity contribution in [1.82, 2.24) is 0 Å². The summed E-state index contributed by atoms with van der Waals surface area (Å²) in [6.07, 6.45) is 1.02. The molecule has 0 bridgehead atoms. The molecule has 0 saturated heterocycles. The number of hydrogen-bond donors (Lipinski definition) is 0. The van der Waals surface area contributed by atoms with Crippen LogP contribution in [0.2, 0.25) is 0 Å². The molecular formula is C14H13ClO2. The van der Waals surface area contributed by atoms with Crippen molar-refractivity contribution in [2.24, 2.45) is 5.92 Å². The minimum atomic E-state index is -0.257. The molecule has 0 fully saturated rings. The Balaban J connectivity index is 2.37. The first-order valence-electron chi connectivity index (χ1n) is 5.61. The van der Waals surface area contributed by atoms with E-state index in [4.69, 9.17) is 11.6 Å². The molecule has 1 unspecified atom stereocenters. The molecule has 17 heavy (non-hydrogen) atoms. The Morgan fingerprint density at radius 1 is 1.24 bits per heavy atom. The van der Waals surface area contributed by atoms with E-state index in [-0.39, 0.29) is 23.1 Å². The monoisotopic (exact) mass is 248 g/mol. The quantitative estimate of drug-likeness (QED) is 0.594. The zero-order chi connectivity index (χ0) is 12.4. The second-order valence-electron chi connectivity index (χ2n) is 4.41. The van der Waals surface area contributed by atoms with Crippen molar-refractivity contribution in [3.8, 4) is 0 Å². The van der Waals surface area contributed by atoms with E-state index >= 15 is 0 Å². The van der Waals surface area contributed by atoms with Gasteiger partial charge in [-0.3, -0.25) is 9.59 Å². The molecule has 0 aromatic heterocycles. The fraction of sp³-hybridized carbons (Fsp3) is 0.286. The van der Waals surface area contributed by atoms with E-state index in [0.29, 0.717) is 23.4 Å². The lowest BCUT2D eigenvalue weighted by Crippen LogP contribution is -2.22. The molecule has 0 heterocycles. The molecule has 0 spiro atoms. The third kappa shape index (κ3) is 2.47. The fourth-order valence-electron chi connectivity index (χ4n) is 2.03. The van der Waals surface area contributed by atoms with Gasteiger partial charge in [0.2, 0.25) is 0 Å². The largest absolute Gasteiger partial charge is 0.294 e. The van der Waals surface area contributed by atoms with Gasteiger partial charge in [0.05, 0.1) is 5.57 Å². The van der Waals surface area contributed by atoms with Gasteiger partial charge in [-0.1, -0.05) is 48.9 Å². The highest BCUT2D eigenvalue weighted by atomic mass is 35.5. The standard InChI is InChI=1S/C14H13ClO2/c1-9-7-11(15)13(12(16)8-9)14(17)10-5-3-2-4-6-10/h2-6,9H,7-8H2,1H3. The van der Waals surface area contributed by atoms with Crippen molar-refractivity contribution in [3.05, 3.63) is 46.5 Å². The Morgan fingerprint density at radius 3 is 2.47 bits per heavy atom. The number of allylic oxidation sites excluding steroid dienone is 2. The lowest BCUT2D eigenvalue weighted by atomic mass is 9.86. The summed E-state index contributed by atoms with van der Waals surface area (Å²) in [4.78, 5) is 24.0. The van der Waals surface area contributed by atoms with Gasteiger partial charge in [-0.25, -0.2) is 0 Å². The number of rotatable bonds is 2. The summed E-state index contributed by atoms with van der Waals surface area (Å²) in [7, 11) is 0. The molecule has 2 nitrogen and oxygen atoms in total. The Hall–Kier alpha value is -1.41. The number of hydrogen-bond acceptors (Lipinski definition) is 2. The maximum absolute atomic E-state index is 12.2. The molecule has 1 atom stereocenters. The Bertz CT molecular complexity index is 488. The first-order valence-corrected chi connectivity index (χ1v) is 5.99. The van der Waals surface area contributed by atoms with Gasteiger partial charge in [-0.15, -0.1) is 0 Å². The van der Waals surface area contributed by atoms with Crippen LogP contribution in [0.3, 0.4) is 0 Å².